The fraction of sp³-hybridized carbons (Fsp3) is 0.500. The van der Waals surface area contributed by atoms with Gasteiger partial charge in [-0.25, -0.2) is 4.79 Å². The maximum atomic E-state index is 10.3. The van der Waals surface area contributed by atoms with E-state index in [0.29, 0.717) is 0 Å². The monoisotopic (exact) mass is 337 g/mol. The molecule has 0 atom stereocenters. The van der Waals surface area contributed by atoms with Crippen LogP contribution in [0.2, 0.25) is 0 Å². The highest BCUT2D eigenvalue weighted by atomic mass is 127. The van der Waals surface area contributed by atoms with Crippen molar-refractivity contribution in [3.63, 3.8) is 0 Å². The van der Waals surface area contributed by atoms with E-state index in [9.17, 15) is 14.4 Å². The van der Waals surface area contributed by atoms with Gasteiger partial charge in [-0.1, -0.05) is 0 Å². The van der Waals surface area contributed by atoms with E-state index >= 15 is 0 Å². The van der Waals surface area contributed by atoms with E-state index in [1.54, 1.807) is 0 Å². The van der Waals surface area contributed by atoms with Crippen molar-refractivity contribution in [1.29, 1.82) is 0 Å². The minimum Gasteiger partial charge on any atom is -1.00 e. The summed E-state index contributed by atoms with van der Waals surface area (Å²) in [5.74, 6) is -5.02. The highest BCUT2D eigenvalue weighted by molar-refractivity contribution is 5.88. The Bertz CT molecular complexity index is 238. The molecule has 0 radical (unpaired) electrons. The molecule has 0 rings (SSSR count). The van der Waals surface area contributed by atoms with Gasteiger partial charge in [0.1, 0.15) is 0 Å². The van der Waals surface area contributed by atoms with E-state index < -0.39 is 36.4 Å². The van der Waals surface area contributed by atoms with E-state index in [0.717, 1.165) is 0 Å². The number of carboxylic acids is 3. The summed E-state index contributed by atoms with van der Waals surface area (Å²) < 4.78 is 0. The Balaban J connectivity index is -0.000000720. The van der Waals surface area contributed by atoms with E-state index in [2.05, 4.69) is 0 Å². The Kier molecular flexibility index (Phi) is 9.63. The maximum Gasteiger partial charge on any atom is 0.336 e. The molecule has 0 aromatic heterocycles. The van der Waals surface area contributed by atoms with Crippen molar-refractivity contribution in [2.45, 2.75) is 18.4 Å². The average Bonchev–Trinajstić information content (AvgIpc) is 1.82. The molecule has 15 heavy (non-hydrogen) atoms. The maximum absolute atomic E-state index is 10.3. The number of carbonyl (C=O) groups is 3. The predicted octanol–water partition coefficient (Wildman–Crippen LogP) is -3.87. The zero-order chi connectivity index (χ0) is 10.6. The van der Waals surface area contributed by atoms with Crippen LogP contribution in [0.3, 0.4) is 0 Å². The summed E-state index contributed by atoms with van der Waals surface area (Å²) in [6.45, 7) is 0. The lowest BCUT2D eigenvalue weighted by Gasteiger charge is -2.18. The zero-order valence-electron chi connectivity index (χ0n) is 7.81. The minimum atomic E-state index is -2.74. The molecule has 0 aliphatic heterocycles. The molecular formula is C6H12INO7. The van der Waals surface area contributed by atoms with Crippen LogP contribution in [0.4, 0.5) is 0 Å². The van der Waals surface area contributed by atoms with Gasteiger partial charge in [0, 0.05) is 0 Å². The quantitative estimate of drug-likeness (QED) is 0.320. The van der Waals surface area contributed by atoms with Crippen molar-refractivity contribution in [2.75, 3.05) is 0 Å². The molecule has 0 spiro atoms. The van der Waals surface area contributed by atoms with Gasteiger partial charge in [0.05, 0.1) is 12.8 Å². The first-order valence-electron chi connectivity index (χ1n) is 3.17. The summed E-state index contributed by atoms with van der Waals surface area (Å²) in [5.41, 5.74) is -2.74. The van der Waals surface area contributed by atoms with Gasteiger partial charge in [0.2, 0.25) is 0 Å². The van der Waals surface area contributed by atoms with Crippen molar-refractivity contribution in [1.82, 2.24) is 6.15 Å². The van der Waals surface area contributed by atoms with E-state index in [-0.39, 0.29) is 30.1 Å². The number of rotatable bonds is 5. The third-order valence-corrected chi connectivity index (χ3v) is 1.29. The normalized spacial score (nSPS) is 9.40. The topological polar surface area (TPSA) is 169 Å². The highest BCUT2D eigenvalue weighted by Crippen LogP contribution is 2.15. The largest absolute Gasteiger partial charge is 1.00 e. The molecule has 0 aliphatic rings. The van der Waals surface area contributed by atoms with Crippen molar-refractivity contribution in [3.8, 4) is 0 Å². The Hall–Kier alpha value is -0.940. The first kappa shape index (κ1) is 19.6. The molecule has 0 aliphatic carbocycles. The summed E-state index contributed by atoms with van der Waals surface area (Å²) in [6.07, 6.45) is -2.29. The van der Waals surface area contributed by atoms with Gasteiger partial charge in [-0.2, -0.15) is 0 Å². The van der Waals surface area contributed by atoms with Gasteiger partial charge in [-0.3, -0.25) is 9.59 Å². The summed E-state index contributed by atoms with van der Waals surface area (Å²) >= 11 is 0. The second-order valence-corrected chi connectivity index (χ2v) is 2.48. The second kappa shape index (κ2) is 7.36. The van der Waals surface area contributed by atoms with Crippen molar-refractivity contribution >= 4 is 17.9 Å². The first-order valence-corrected chi connectivity index (χ1v) is 3.17. The summed E-state index contributed by atoms with van der Waals surface area (Å²) in [4.78, 5) is 30.5. The summed E-state index contributed by atoms with van der Waals surface area (Å²) in [5, 5.41) is 33.8. The van der Waals surface area contributed by atoms with Crippen LogP contribution in [0.25, 0.3) is 0 Å². The van der Waals surface area contributed by atoms with E-state index in [4.69, 9.17) is 20.4 Å². The predicted molar refractivity (Wildman–Crippen MR) is 43.1 cm³/mol. The van der Waals surface area contributed by atoms with Crippen LogP contribution < -0.4 is 30.1 Å². The fourth-order valence-electron chi connectivity index (χ4n) is 0.714. The lowest BCUT2D eigenvalue weighted by Crippen LogP contribution is -3.00. The van der Waals surface area contributed by atoms with Gasteiger partial charge in [0.15, 0.2) is 5.60 Å². The van der Waals surface area contributed by atoms with Gasteiger partial charge in [-0.05, 0) is 0 Å². The van der Waals surface area contributed by atoms with Crippen LogP contribution in [0.1, 0.15) is 12.8 Å². The van der Waals surface area contributed by atoms with Crippen LogP contribution in [-0.2, 0) is 14.4 Å². The van der Waals surface area contributed by atoms with E-state index in [1.807, 2.05) is 0 Å². The second-order valence-electron chi connectivity index (χ2n) is 2.48. The smallest absolute Gasteiger partial charge is 0.336 e. The molecule has 0 bridgehead atoms. The molecule has 9 heteroatoms. The number of hydrogen-bond donors (Lipinski definition) is 5. The molecule has 90 valence electrons. The Morgan fingerprint density at radius 1 is 0.933 bits per heavy atom. The molecule has 8 N–H and O–H groups in total. The number of carboxylic acid groups (broad SMARTS) is 3. The van der Waals surface area contributed by atoms with Gasteiger partial charge in [-0.15, -0.1) is 0 Å². The van der Waals surface area contributed by atoms with Crippen LogP contribution >= 0.6 is 0 Å². The molecule has 0 aromatic carbocycles. The molecule has 0 fully saturated rings. The number of aliphatic carboxylic acids is 3. The van der Waals surface area contributed by atoms with Crippen molar-refractivity contribution < 1.29 is 58.8 Å². The summed E-state index contributed by atoms with van der Waals surface area (Å²) in [7, 11) is 0. The highest BCUT2D eigenvalue weighted by Gasteiger charge is 2.40. The van der Waals surface area contributed by atoms with Gasteiger partial charge >= 0.3 is 17.9 Å². The zero-order valence-corrected chi connectivity index (χ0v) is 9.96. The molecular weight excluding hydrogens is 325 g/mol. The molecule has 0 saturated carbocycles. The molecule has 0 saturated heterocycles. The molecule has 0 heterocycles. The number of aliphatic hydroxyl groups is 1. The van der Waals surface area contributed by atoms with Crippen LogP contribution in [0, 0.1) is 0 Å². The van der Waals surface area contributed by atoms with Crippen molar-refractivity contribution in [3.05, 3.63) is 0 Å². The average molecular weight is 337 g/mol. The molecule has 0 amide bonds. The van der Waals surface area contributed by atoms with E-state index in [1.165, 1.54) is 0 Å². The molecule has 8 nitrogen and oxygen atoms in total. The number of hydrogen-bond acceptors (Lipinski definition) is 4. The third-order valence-electron chi connectivity index (χ3n) is 1.29. The summed E-state index contributed by atoms with van der Waals surface area (Å²) in [6, 6.07) is 0. The Labute approximate surface area is 102 Å². The third kappa shape index (κ3) is 7.04. The van der Waals surface area contributed by atoms with Gasteiger partial charge < -0.3 is 50.6 Å². The number of halogens is 1. The molecule has 0 unspecified atom stereocenters. The standard InChI is InChI=1S/C6H8O7.HI.H3N/c7-3(8)1-6(13,5(11)12)2-4(9)10;;/h13H,1-2H2,(H,7,8)(H,9,10)(H,11,12);1H;1H3. The van der Waals surface area contributed by atoms with Crippen LogP contribution in [-0.4, -0.2) is 43.9 Å². The van der Waals surface area contributed by atoms with Crippen LogP contribution in [0.5, 0.6) is 0 Å². The van der Waals surface area contributed by atoms with Crippen molar-refractivity contribution in [2.24, 2.45) is 0 Å². The lowest BCUT2D eigenvalue weighted by molar-refractivity contribution is -0.170. The number of quaternary nitrogens is 1. The SMILES string of the molecule is O=C(O)CC(O)(CC(=O)O)C(=O)O.[I-].[NH4+]. The molecule has 0 aromatic rings. The fourth-order valence-corrected chi connectivity index (χ4v) is 0.714. The Morgan fingerprint density at radius 3 is 1.33 bits per heavy atom. The lowest BCUT2D eigenvalue weighted by atomic mass is 9.96. The minimum absolute atomic E-state index is 0. The van der Waals surface area contributed by atoms with Gasteiger partial charge in [0.25, 0.3) is 0 Å². The first-order chi connectivity index (χ1) is 5.78. The van der Waals surface area contributed by atoms with Crippen LogP contribution in [0.15, 0.2) is 0 Å². The Morgan fingerprint density at radius 2 is 1.20 bits per heavy atom.